The molecule has 3 aromatic rings. The van der Waals surface area contributed by atoms with Gasteiger partial charge in [0.05, 0.1) is 25.8 Å². The van der Waals surface area contributed by atoms with Gasteiger partial charge in [-0.25, -0.2) is 18.4 Å². The molecule has 1 aromatic carbocycles. The molecule has 0 bridgehead atoms. The van der Waals surface area contributed by atoms with Crippen molar-refractivity contribution in [1.29, 1.82) is 0 Å². The molecular weight excluding hydrogens is 428 g/mol. The number of anilines is 1. The number of carbonyl (C=O) groups is 1. The summed E-state index contributed by atoms with van der Waals surface area (Å²) in [5.74, 6) is 0.0227. The SMILES string of the molecule is Cc1nc(C(C)C)sc1C(=O)Nc1nc2ccc(S(=O)(=O)N3CCCC3)cc2s1. The van der Waals surface area contributed by atoms with Crippen molar-refractivity contribution in [2.45, 2.75) is 44.4 Å². The van der Waals surface area contributed by atoms with E-state index in [-0.39, 0.29) is 16.7 Å². The van der Waals surface area contributed by atoms with Crippen molar-refractivity contribution < 1.29 is 13.2 Å². The van der Waals surface area contributed by atoms with Crippen LogP contribution in [0.15, 0.2) is 23.1 Å². The van der Waals surface area contributed by atoms with Crippen LogP contribution in [0.4, 0.5) is 5.13 Å². The lowest BCUT2D eigenvalue weighted by atomic mass is 10.2. The molecule has 2 aromatic heterocycles. The van der Waals surface area contributed by atoms with Gasteiger partial charge in [-0.1, -0.05) is 25.2 Å². The zero-order chi connectivity index (χ0) is 20.8. The van der Waals surface area contributed by atoms with Gasteiger partial charge in [0.2, 0.25) is 10.0 Å². The number of hydrogen-bond acceptors (Lipinski definition) is 7. The average molecular weight is 451 g/mol. The third kappa shape index (κ3) is 3.94. The number of rotatable bonds is 5. The normalized spacial score (nSPS) is 15.4. The van der Waals surface area contributed by atoms with E-state index < -0.39 is 10.0 Å². The fourth-order valence-corrected chi connectivity index (χ4v) is 6.71. The maximum atomic E-state index is 12.8. The van der Waals surface area contributed by atoms with E-state index in [1.54, 1.807) is 18.2 Å². The number of amides is 1. The molecule has 0 spiro atoms. The molecule has 0 unspecified atom stereocenters. The Morgan fingerprint density at radius 3 is 2.55 bits per heavy atom. The van der Waals surface area contributed by atoms with Crippen LogP contribution in [0.2, 0.25) is 0 Å². The van der Waals surface area contributed by atoms with E-state index in [1.165, 1.54) is 27.0 Å². The summed E-state index contributed by atoms with van der Waals surface area (Å²) in [5, 5.41) is 4.20. The monoisotopic (exact) mass is 450 g/mol. The first kappa shape index (κ1) is 20.4. The number of hydrogen-bond donors (Lipinski definition) is 1. The maximum Gasteiger partial charge on any atom is 0.269 e. The first-order chi connectivity index (χ1) is 13.8. The van der Waals surface area contributed by atoms with Crippen LogP contribution in [0.1, 0.15) is 53.0 Å². The van der Waals surface area contributed by atoms with Gasteiger partial charge in [0, 0.05) is 19.0 Å². The van der Waals surface area contributed by atoms with Gasteiger partial charge in [0.1, 0.15) is 4.88 Å². The molecule has 0 radical (unpaired) electrons. The first-order valence-corrected chi connectivity index (χ1v) is 12.5. The van der Waals surface area contributed by atoms with Crippen molar-refractivity contribution in [3.8, 4) is 0 Å². The Kier molecular flexibility index (Phi) is 5.45. The van der Waals surface area contributed by atoms with Crippen LogP contribution in [0, 0.1) is 6.92 Å². The van der Waals surface area contributed by atoms with E-state index in [1.807, 2.05) is 20.8 Å². The Morgan fingerprint density at radius 2 is 1.90 bits per heavy atom. The van der Waals surface area contributed by atoms with Crippen LogP contribution in [-0.2, 0) is 10.0 Å². The highest BCUT2D eigenvalue weighted by Crippen LogP contribution is 2.31. The molecule has 0 aliphatic carbocycles. The largest absolute Gasteiger partial charge is 0.297 e. The summed E-state index contributed by atoms with van der Waals surface area (Å²) in [4.78, 5) is 22.4. The Bertz CT molecular complexity index is 1170. The zero-order valence-corrected chi connectivity index (χ0v) is 18.9. The molecule has 154 valence electrons. The lowest BCUT2D eigenvalue weighted by Crippen LogP contribution is -2.27. The van der Waals surface area contributed by atoms with Crippen molar-refractivity contribution >= 4 is 54.0 Å². The molecule has 4 rings (SSSR count). The summed E-state index contributed by atoms with van der Waals surface area (Å²) in [7, 11) is -3.48. The molecule has 1 aliphatic heterocycles. The summed E-state index contributed by atoms with van der Waals surface area (Å²) >= 11 is 2.66. The van der Waals surface area contributed by atoms with Crippen LogP contribution in [0.25, 0.3) is 10.2 Å². The Hall–Kier alpha value is -1.88. The van der Waals surface area contributed by atoms with Crippen molar-refractivity contribution in [1.82, 2.24) is 14.3 Å². The number of aromatic nitrogens is 2. The van der Waals surface area contributed by atoms with E-state index in [2.05, 4.69) is 15.3 Å². The van der Waals surface area contributed by atoms with E-state index in [0.717, 1.165) is 22.5 Å². The van der Waals surface area contributed by atoms with Gasteiger partial charge in [-0.2, -0.15) is 4.31 Å². The molecule has 0 atom stereocenters. The number of sulfonamides is 1. The second kappa shape index (κ2) is 7.75. The van der Waals surface area contributed by atoms with Crippen LogP contribution in [-0.4, -0.2) is 41.7 Å². The molecule has 10 heteroatoms. The maximum absolute atomic E-state index is 12.8. The third-order valence-corrected chi connectivity index (χ3v) is 9.08. The lowest BCUT2D eigenvalue weighted by molar-refractivity contribution is 0.103. The van der Waals surface area contributed by atoms with Gasteiger partial charge >= 0.3 is 0 Å². The highest BCUT2D eigenvalue weighted by Gasteiger charge is 2.27. The molecule has 1 amide bonds. The minimum atomic E-state index is -3.48. The van der Waals surface area contributed by atoms with Gasteiger partial charge in [-0.15, -0.1) is 11.3 Å². The van der Waals surface area contributed by atoms with Crippen LogP contribution in [0.3, 0.4) is 0 Å². The summed E-state index contributed by atoms with van der Waals surface area (Å²) in [6, 6.07) is 4.92. The second-order valence-electron chi connectivity index (χ2n) is 7.34. The quantitative estimate of drug-likeness (QED) is 0.628. The zero-order valence-electron chi connectivity index (χ0n) is 16.4. The molecule has 7 nitrogen and oxygen atoms in total. The van der Waals surface area contributed by atoms with E-state index >= 15 is 0 Å². The fraction of sp³-hybridized carbons (Fsp3) is 0.421. The predicted molar refractivity (Wildman–Crippen MR) is 117 cm³/mol. The number of benzene rings is 1. The molecule has 1 fully saturated rings. The smallest absolute Gasteiger partial charge is 0.269 e. The summed E-state index contributed by atoms with van der Waals surface area (Å²) in [5.41, 5.74) is 1.37. The highest BCUT2D eigenvalue weighted by atomic mass is 32.2. The van der Waals surface area contributed by atoms with Crippen LogP contribution >= 0.6 is 22.7 Å². The van der Waals surface area contributed by atoms with Crippen molar-refractivity contribution in [3.63, 3.8) is 0 Å². The van der Waals surface area contributed by atoms with Gasteiger partial charge in [-0.3, -0.25) is 10.1 Å². The van der Waals surface area contributed by atoms with Crippen LogP contribution < -0.4 is 5.32 Å². The molecular formula is C19H22N4O3S3. The standard InChI is InChI=1S/C19H22N4O3S3/c1-11(2)18-20-12(3)16(28-18)17(24)22-19-21-14-7-6-13(10-15(14)27-19)29(25,26)23-8-4-5-9-23/h6-7,10-11H,4-5,8-9H2,1-3H3,(H,21,22,24). The molecule has 1 aliphatic rings. The molecule has 3 heterocycles. The average Bonchev–Trinajstić information content (AvgIpc) is 3.40. The third-order valence-electron chi connectivity index (χ3n) is 4.80. The summed E-state index contributed by atoms with van der Waals surface area (Å²) in [6.07, 6.45) is 1.79. The molecule has 0 saturated carbocycles. The van der Waals surface area contributed by atoms with Crippen molar-refractivity contribution in [2.24, 2.45) is 0 Å². The van der Waals surface area contributed by atoms with Gasteiger partial charge in [-0.05, 0) is 38.0 Å². The minimum Gasteiger partial charge on any atom is -0.297 e. The summed E-state index contributed by atoms with van der Waals surface area (Å²) in [6.45, 7) is 7.04. The predicted octanol–water partition coefficient (Wildman–Crippen LogP) is 4.22. The Labute approximate surface area is 177 Å². The molecule has 1 saturated heterocycles. The number of nitrogens with one attached hydrogen (secondary N) is 1. The number of carbonyl (C=O) groups excluding carboxylic acids is 1. The number of aryl methyl sites for hydroxylation is 1. The molecule has 29 heavy (non-hydrogen) atoms. The van der Waals surface area contributed by atoms with Crippen molar-refractivity contribution in [2.75, 3.05) is 18.4 Å². The van der Waals surface area contributed by atoms with Gasteiger partial charge < -0.3 is 0 Å². The van der Waals surface area contributed by atoms with E-state index in [0.29, 0.717) is 34.3 Å². The van der Waals surface area contributed by atoms with Crippen LogP contribution in [0.5, 0.6) is 0 Å². The Balaban J connectivity index is 1.59. The van der Waals surface area contributed by atoms with Crippen molar-refractivity contribution in [3.05, 3.63) is 33.8 Å². The number of fused-ring (bicyclic) bond motifs is 1. The second-order valence-corrected chi connectivity index (χ2v) is 11.3. The lowest BCUT2D eigenvalue weighted by Gasteiger charge is -2.15. The highest BCUT2D eigenvalue weighted by molar-refractivity contribution is 7.89. The van der Waals surface area contributed by atoms with Gasteiger partial charge in [0.15, 0.2) is 5.13 Å². The van der Waals surface area contributed by atoms with Gasteiger partial charge in [0.25, 0.3) is 5.91 Å². The Morgan fingerprint density at radius 1 is 1.17 bits per heavy atom. The summed E-state index contributed by atoms with van der Waals surface area (Å²) < 4.78 is 27.8. The molecule has 1 N–H and O–H groups in total. The minimum absolute atomic E-state index is 0.240. The fourth-order valence-electron chi connectivity index (χ4n) is 3.23. The van der Waals surface area contributed by atoms with E-state index in [9.17, 15) is 13.2 Å². The first-order valence-electron chi connectivity index (χ1n) is 9.45. The van der Waals surface area contributed by atoms with E-state index in [4.69, 9.17) is 0 Å². The number of thiazole rings is 2. The number of nitrogens with zero attached hydrogens (tertiary/aromatic N) is 3. The topological polar surface area (TPSA) is 92.3 Å².